The molecular formula is C25H31N9O2. The molecule has 3 aromatic rings. The number of aromatic nitrogens is 5. The normalized spacial score (nSPS) is 19.7. The molecule has 0 radical (unpaired) electrons. The molecule has 2 amide bonds. The second kappa shape index (κ2) is 9.56. The molecule has 5 rings (SSSR count). The summed E-state index contributed by atoms with van der Waals surface area (Å²) in [4.78, 5) is 31.6. The Balaban J connectivity index is 1.33. The van der Waals surface area contributed by atoms with Gasteiger partial charge in [-0.05, 0) is 63.1 Å². The van der Waals surface area contributed by atoms with Crippen molar-refractivity contribution in [3.8, 4) is 0 Å². The zero-order chi connectivity index (χ0) is 25.4. The molecule has 1 aliphatic carbocycles. The highest BCUT2D eigenvalue weighted by atomic mass is 16.2. The van der Waals surface area contributed by atoms with Crippen molar-refractivity contribution >= 4 is 29.3 Å². The second-order valence-corrected chi connectivity index (χ2v) is 9.62. The van der Waals surface area contributed by atoms with Crippen molar-refractivity contribution in [2.75, 3.05) is 16.8 Å². The average molecular weight is 490 g/mol. The largest absolute Gasteiger partial charge is 0.364 e. The van der Waals surface area contributed by atoms with Gasteiger partial charge in [0, 0.05) is 31.2 Å². The van der Waals surface area contributed by atoms with Crippen LogP contribution in [-0.4, -0.2) is 55.4 Å². The fourth-order valence-electron chi connectivity index (χ4n) is 4.63. The van der Waals surface area contributed by atoms with Crippen molar-refractivity contribution in [3.05, 3.63) is 53.0 Å². The molecule has 2 fully saturated rings. The van der Waals surface area contributed by atoms with E-state index in [0.717, 1.165) is 18.5 Å². The van der Waals surface area contributed by atoms with Gasteiger partial charge in [0.1, 0.15) is 0 Å². The number of rotatable bonds is 7. The lowest BCUT2D eigenvalue weighted by molar-refractivity contribution is 0.0923. The number of nitrogens with zero attached hydrogens (tertiary/aromatic N) is 6. The van der Waals surface area contributed by atoms with E-state index in [1.807, 2.05) is 37.9 Å². The van der Waals surface area contributed by atoms with Crippen LogP contribution in [0.5, 0.6) is 0 Å². The Morgan fingerprint density at radius 3 is 2.50 bits per heavy atom. The summed E-state index contributed by atoms with van der Waals surface area (Å²) >= 11 is 0. The maximum Gasteiger partial charge on any atom is 0.273 e. The van der Waals surface area contributed by atoms with E-state index in [1.54, 1.807) is 10.9 Å². The predicted molar refractivity (Wildman–Crippen MR) is 135 cm³/mol. The lowest BCUT2D eigenvalue weighted by Crippen LogP contribution is -2.54. The lowest BCUT2D eigenvalue weighted by Gasteiger charge is -2.39. The topological polar surface area (TPSA) is 144 Å². The Labute approximate surface area is 209 Å². The summed E-state index contributed by atoms with van der Waals surface area (Å²) in [6, 6.07) is 7.75. The Kier molecular flexibility index (Phi) is 6.29. The number of benzene rings is 1. The number of nitrogens with two attached hydrogens (primary N) is 1. The molecule has 1 saturated carbocycles. The summed E-state index contributed by atoms with van der Waals surface area (Å²) in [5.41, 5.74) is 8.99. The van der Waals surface area contributed by atoms with E-state index >= 15 is 0 Å². The van der Waals surface area contributed by atoms with E-state index in [0.29, 0.717) is 29.7 Å². The fourth-order valence-corrected chi connectivity index (χ4v) is 4.63. The number of amides is 2. The van der Waals surface area contributed by atoms with Crippen LogP contribution in [0.1, 0.15) is 70.6 Å². The van der Waals surface area contributed by atoms with Gasteiger partial charge in [0.15, 0.2) is 11.5 Å². The molecule has 0 bridgehead atoms. The number of hydrogen-bond acceptors (Lipinski definition) is 8. The molecule has 36 heavy (non-hydrogen) atoms. The number of hydrogen-bond donors (Lipinski definition) is 3. The summed E-state index contributed by atoms with van der Waals surface area (Å²) in [6.45, 7) is 4.63. The molecule has 11 nitrogen and oxygen atoms in total. The summed E-state index contributed by atoms with van der Waals surface area (Å²) in [7, 11) is 1.82. The number of nitrogens with one attached hydrogen (secondary N) is 2. The minimum absolute atomic E-state index is 0.0498. The molecule has 2 atom stereocenters. The van der Waals surface area contributed by atoms with Gasteiger partial charge in [0.05, 0.1) is 17.6 Å². The number of aryl methyl sites for hydroxylation is 1. The number of piperidine rings is 1. The van der Waals surface area contributed by atoms with E-state index in [1.165, 1.54) is 18.4 Å². The SMILES string of the molecule is Cc1c(Nc2nc(N3CCC[C@@H](NC(=O)c4ccc(C5CC5)cc4)[C@H]3C)nnc2C(N)=O)cnn1C. The van der Waals surface area contributed by atoms with Crippen LogP contribution in [-0.2, 0) is 7.05 Å². The zero-order valence-corrected chi connectivity index (χ0v) is 20.7. The van der Waals surface area contributed by atoms with Crippen molar-refractivity contribution in [3.63, 3.8) is 0 Å². The molecule has 1 saturated heterocycles. The molecule has 2 aliphatic rings. The first kappa shape index (κ1) is 23.7. The van der Waals surface area contributed by atoms with Crippen LogP contribution in [0.4, 0.5) is 17.5 Å². The summed E-state index contributed by atoms with van der Waals surface area (Å²) in [5.74, 6) is 0.427. The molecule has 2 aromatic heterocycles. The van der Waals surface area contributed by atoms with E-state index in [-0.39, 0.29) is 29.5 Å². The van der Waals surface area contributed by atoms with Crippen LogP contribution in [0.3, 0.4) is 0 Å². The summed E-state index contributed by atoms with van der Waals surface area (Å²) in [6.07, 6.45) is 5.81. The van der Waals surface area contributed by atoms with E-state index in [4.69, 9.17) is 5.73 Å². The average Bonchev–Trinajstić information content (AvgIpc) is 3.68. The van der Waals surface area contributed by atoms with Gasteiger partial charge in [-0.25, -0.2) is 0 Å². The van der Waals surface area contributed by atoms with Crippen LogP contribution in [0, 0.1) is 6.92 Å². The van der Waals surface area contributed by atoms with Crippen molar-refractivity contribution in [2.24, 2.45) is 12.8 Å². The van der Waals surface area contributed by atoms with Crippen LogP contribution in [0.15, 0.2) is 30.5 Å². The minimum Gasteiger partial charge on any atom is -0.364 e. The molecular weight excluding hydrogens is 458 g/mol. The standard InChI is InChI=1S/C25H31N9O2/c1-14-20(13-27-33(14)3)28-23-21(22(26)35)31-32-25(30-23)34-12-4-5-19(15(34)2)29-24(36)18-10-8-17(9-11-18)16-6-7-16/h8-11,13,15-16,19H,4-7,12H2,1-3H3,(H2,26,35)(H,29,36)(H,28,30,32)/t15-,19-/m1/s1. The maximum absolute atomic E-state index is 13.0. The van der Waals surface area contributed by atoms with Crippen LogP contribution in [0.25, 0.3) is 0 Å². The van der Waals surface area contributed by atoms with Gasteiger partial charge in [0.2, 0.25) is 5.95 Å². The van der Waals surface area contributed by atoms with Gasteiger partial charge >= 0.3 is 0 Å². The summed E-state index contributed by atoms with van der Waals surface area (Å²) < 4.78 is 1.71. The highest BCUT2D eigenvalue weighted by molar-refractivity contribution is 5.96. The number of carbonyl (C=O) groups excluding carboxylic acids is 2. The van der Waals surface area contributed by atoms with Crippen LogP contribution < -0.4 is 21.3 Å². The molecule has 11 heteroatoms. The molecule has 188 valence electrons. The van der Waals surface area contributed by atoms with Crippen LogP contribution >= 0.6 is 0 Å². The maximum atomic E-state index is 13.0. The molecule has 3 heterocycles. The zero-order valence-electron chi connectivity index (χ0n) is 20.7. The third-order valence-electron chi connectivity index (χ3n) is 7.18. The first-order chi connectivity index (χ1) is 17.3. The van der Waals surface area contributed by atoms with Crippen molar-refractivity contribution in [2.45, 2.75) is 57.5 Å². The molecule has 4 N–H and O–H groups in total. The first-order valence-electron chi connectivity index (χ1n) is 12.3. The van der Waals surface area contributed by atoms with Gasteiger partial charge in [0.25, 0.3) is 11.8 Å². The van der Waals surface area contributed by atoms with Gasteiger partial charge in [-0.1, -0.05) is 12.1 Å². The molecule has 1 aromatic carbocycles. The third kappa shape index (κ3) is 4.73. The van der Waals surface area contributed by atoms with E-state index in [2.05, 4.69) is 43.0 Å². The smallest absolute Gasteiger partial charge is 0.273 e. The Bertz CT molecular complexity index is 1280. The summed E-state index contributed by atoms with van der Waals surface area (Å²) in [5, 5.41) is 18.8. The van der Waals surface area contributed by atoms with Crippen molar-refractivity contribution in [1.82, 2.24) is 30.3 Å². The van der Waals surface area contributed by atoms with Gasteiger partial charge in [-0.15, -0.1) is 10.2 Å². The second-order valence-electron chi connectivity index (χ2n) is 9.62. The molecule has 1 aliphatic heterocycles. The van der Waals surface area contributed by atoms with Gasteiger partial charge < -0.3 is 21.3 Å². The number of primary amides is 1. The van der Waals surface area contributed by atoms with Gasteiger partial charge in [-0.2, -0.15) is 10.1 Å². The first-order valence-corrected chi connectivity index (χ1v) is 12.3. The Hall–Kier alpha value is -4.02. The van der Waals surface area contributed by atoms with E-state index in [9.17, 15) is 9.59 Å². The predicted octanol–water partition coefficient (Wildman–Crippen LogP) is 2.42. The fraction of sp³-hybridized carbons (Fsp3) is 0.440. The van der Waals surface area contributed by atoms with Crippen molar-refractivity contribution in [1.29, 1.82) is 0 Å². The minimum atomic E-state index is -0.727. The third-order valence-corrected chi connectivity index (χ3v) is 7.18. The van der Waals surface area contributed by atoms with Gasteiger partial charge in [-0.3, -0.25) is 14.3 Å². The monoisotopic (exact) mass is 489 g/mol. The van der Waals surface area contributed by atoms with Crippen molar-refractivity contribution < 1.29 is 9.59 Å². The molecule has 0 unspecified atom stereocenters. The Morgan fingerprint density at radius 1 is 1.11 bits per heavy atom. The molecule has 0 spiro atoms. The number of carbonyl (C=O) groups is 2. The highest BCUT2D eigenvalue weighted by Crippen LogP contribution is 2.39. The Morgan fingerprint density at radius 2 is 1.86 bits per heavy atom. The number of anilines is 3. The van der Waals surface area contributed by atoms with E-state index < -0.39 is 5.91 Å². The quantitative estimate of drug-likeness (QED) is 0.459. The van der Waals surface area contributed by atoms with Crippen LogP contribution in [0.2, 0.25) is 0 Å². The highest BCUT2D eigenvalue weighted by Gasteiger charge is 2.32. The lowest BCUT2D eigenvalue weighted by atomic mass is 9.97.